The summed E-state index contributed by atoms with van der Waals surface area (Å²) in [5.41, 5.74) is -1.13. The number of carboxylic acid groups (broad SMARTS) is 1. The molecule has 9 heteroatoms. The molecule has 0 aliphatic carbocycles. The van der Waals surface area contributed by atoms with Crippen LogP contribution >= 0.6 is 0 Å². The van der Waals surface area contributed by atoms with E-state index in [9.17, 15) is 32.3 Å². The molecule has 0 aromatic heterocycles. The molecule has 2 unspecified atom stereocenters. The second kappa shape index (κ2) is 11.2. The number of nitrogens with one attached hydrogen (secondary N) is 1. The van der Waals surface area contributed by atoms with E-state index in [0.29, 0.717) is 23.8 Å². The first-order valence-electron chi connectivity index (χ1n) is 11.9. The van der Waals surface area contributed by atoms with Crippen molar-refractivity contribution in [3.05, 3.63) is 77.1 Å². The number of fused-ring (bicyclic) bond motifs is 1. The van der Waals surface area contributed by atoms with Crippen LogP contribution in [0.2, 0.25) is 0 Å². The van der Waals surface area contributed by atoms with Crippen molar-refractivity contribution in [2.45, 2.75) is 58.9 Å². The molecule has 2 N–H and O–H groups in total. The first-order chi connectivity index (χ1) is 17.4. The summed E-state index contributed by atoms with van der Waals surface area (Å²) in [5, 5.41) is 13.4. The fourth-order valence-corrected chi connectivity index (χ4v) is 4.38. The van der Waals surface area contributed by atoms with Gasteiger partial charge in [0.15, 0.2) is 0 Å². The molecule has 198 valence electrons. The SMILES string of the molecule is CCCC(C)(CC)C(NC(=O)c1ccc2ccc(F)cc2c1OCc1ccc(C(F)(F)F)cc1)C(=O)O. The van der Waals surface area contributed by atoms with Gasteiger partial charge >= 0.3 is 12.1 Å². The van der Waals surface area contributed by atoms with Crippen LogP contribution in [0.15, 0.2) is 54.6 Å². The van der Waals surface area contributed by atoms with Crippen molar-refractivity contribution in [3.63, 3.8) is 0 Å². The average molecular weight is 520 g/mol. The van der Waals surface area contributed by atoms with Crippen molar-refractivity contribution in [2.75, 3.05) is 0 Å². The third kappa shape index (κ3) is 6.39. The number of carbonyl (C=O) groups is 2. The van der Waals surface area contributed by atoms with E-state index in [1.165, 1.54) is 36.4 Å². The van der Waals surface area contributed by atoms with E-state index in [0.717, 1.165) is 18.6 Å². The Balaban J connectivity index is 1.99. The number of hydrogen-bond acceptors (Lipinski definition) is 3. The van der Waals surface area contributed by atoms with Gasteiger partial charge in [-0.15, -0.1) is 0 Å². The smallest absolute Gasteiger partial charge is 0.416 e. The van der Waals surface area contributed by atoms with Crippen LogP contribution in [-0.2, 0) is 17.6 Å². The lowest BCUT2D eigenvalue weighted by molar-refractivity contribution is -0.143. The van der Waals surface area contributed by atoms with E-state index in [-0.39, 0.29) is 23.3 Å². The quantitative estimate of drug-likeness (QED) is 0.284. The summed E-state index contributed by atoms with van der Waals surface area (Å²) in [6.07, 6.45) is -2.68. The molecule has 0 saturated carbocycles. The summed E-state index contributed by atoms with van der Waals surface area (Å²) in [5.74, 6) is -2.46. The largest absolute Gasteiger partial charge is 0.487 e. The first-order valence-corrected chi connectivity index (χ1v) is 11.9. The fraction of sp³-hybridized carbons (Fsp3) is 0.357. The Kier molecular flexibility index (Phi) is 8.46. The van der Waals surface area contributed by atoms with Gasteiger partial charge in [-0.05, 0) is 59.5 Å². The number of amides is 1. The van der Waals surface area contributed by atoms with Crippen molar-refractivity contribution in [2.24, 2.45) is 5.41 Å². The van der Waals surface area contributed by atoms with Crippen molar-refractivity contribution in [3.8, 4) is 5.75 Å². The van der Waals surface area contributed by atoms with E-state index in [2.05, 4.69) is 5.32 Å². The number of carbonyl (C=O) groups excluding carboxylic acids is 1. The number of benzene rings is 3. The van der Waals surface area contributed by atoms with Crippen LogP contribution in [0.5, 0.6) is 5.75 Å². The predicted molar refractivity (Wildman–Crippen MR) is 132 cm³/mol. The highest BCUT2D eigenvalue weighted by Crippen LogP contribution is 2.35. The molecule has 0 saturated heterocycles. The molecule has 0 heterocycles. The second-order valence-electron chi connectivity index (χ2n) is 9.29. The Labute approximate surface area is 212 Å². The van der Waals surface area contributed by atoms with Crippen molar-refractivity contribution < 1.29 is 37.0 Å². The van der Waals surface area contributed by atoms with Gasteiger partial charge in [0.05, 0.1) is 11.1 Å². The van der Waals surface area contributed by atoms with E-state index >= 15 is 0 Å². The van der Waals surface area contributed by atoms with Gasteiger partial charge in [-0.25, -0.2) is 9.18 Å². The lowest BCUT2D eigenvalue weighted by Gasteiger charge is -2.34. The van der Waals surface area contributed by atoms with Gasteiger partial charge in [0, 0.05) is 5.39 Å². The van der Waals surface area contributed by atoms with E-state index in [1.54, 1.807) is 13.0 Å². The Morgan fingerprint density at radius 1 is 1.03 bits per heavy atom. The number of ether oxygens (including phenoxy) is 1. The maximum absolute atomic E-state index is 14.1. The summed E-state index contributed by atoms with van der Waals surface area (Å²) >= 11 is 0. The highest BCUT2D eigenvalue weighted by Gasteiger charge is 2.39. The molecule has 0 fully saturated rings. The average Bonchev–Trinajstić information content (AvgIpc) is 2.85. The third-order valence-corrected chi connectivity index (χ3v) is 6.69. The summed E-state index contributed by atoms with van der Waals surface area (Å²) < 4.78 is 58.7. The molecular formula is C28H29F4NO4. The van der Waals surface area contributed by atoms with E-state index < -0.39 is 40.9 Å². The van der Waals surface area contributed by atoms with Gasteiger partial charge in [0.2, 0.25) is 0 Å². The molecule has 3 rings (SSSR count). The van der Waals surface area contributed by atoms with Crippen LogP contribution in [0.25, 0.3) is 10.8 Å². The van der Waals surface area contributed by atoms with Crippen LogP contribution in [0.4, 0.5) is 17.6 Å². The normalized spacial score (nSPS) is 14.1. The van der Waals surface area contributed by atoms with Crippen molar-refractivity contribution >= 4 is 22.6 Å². The number of aliphatic carboxylic acids is 1. The molecule has 5 nitrogen and oxygen atoms in total. The highest BCUT2D eigenvalue weighted by atomic mass is 19.4. The molecule has 3 aromatic carbocycles. The molecule has 37 heavy (non-hydrogen) atoms. The molecular weight excluding hydrogens is 490 g/mol. The maximum Gasteiger partial charge on any atom is 0.416 e. The second-order valence-corrected chi connectivity index (χ2v) is 9.29. The van der Waals surface area contributed by atoms with E-state index in [4.69, 9.17) is 4.74 Å². The van der Waals surface area contributed by atoms with Gasteiger partial charge in [-0.1, -0.05) is 51.5 Å². The molecule has 0 aliphatic rings. The standard InChI is InChI=1S/C28H29F4NO4/c1-4-14-27(3,5-2)24(26(35)36)33-25(34)21-13-9-18-8-12-20(29)15-22(18)23(21)37-16-17-6-10-19(11-7-17)28(30,31)32/h6-13,15,24H,4-5,14,16H2,1-3H3,(H,33,34)(H,35,36). The Morgan fingerprint density at radius 3 is 2.24 bits per heavy atom. The Bertz CT molecular complexity index is 1270. The number of carboxylic acids is 1. The van der Waals surface area contributed by atoms with Gasteiger partial charge < -0.3 is 15.2 Å². The lowest BCUT2D eigenvalue weighted by atomic mass is 9.76. The lowest BCUT2D eigenvalue weighted by Crippen LogP contribution is -2.51. The Hall–Kier alpha value is -3.62. The van der Waals surface area contributed by atoms with Crippen LogP contribution in [0, 0.1) is 11.2 Å². The highest BCUT2D eigenvalue weighted by molar-refractivity contribution is 6.05. The minimum Gasteiger partial charge on any atom is -0.487 e. The molecule has 0 aliphatic heterocycles. The molecule has 0 radical (unpaired) electrons. The number of alkyl halides is 3. The Morgan fingerprint density at radius 2 is 1.68 bits per heavy atom. The third-order valence-electron chi connectivity index (χ3n) is 6.69. The zero-order chi connectivity index (χ0) is 27.4. The number of hydrogen-bond donors (Lipinski definition) is 2. The van der Waals surface area contributed by atoms with Crippen LogP contribution in [0.1, 0.15) is 61.5 Å². The monoisotopic (exact) mass is 519 g/mol. The summed E-state index contributed by atoms with van der Waals surface area (Å²) in [6.45, 7) is 5.39. The summed E-state index contributed by atoms with van der Waals surface area (Å²) in [4.78, 5) is 25.5. The van der Waals surface area contributed by atoms with Crippen molar-refractivity contribution in [1.29, 1.82) is 0 Å². The topological polar surface area (TPSA) is 75.6 Å². The van der Waals surface area contributed by atoms with Crippen LogP contribution < -0.4 is 10.1 Å². The summed E-state index contributed by atoms with van der Waals surface area (Å²) in [6, 6.07) is 10.2. The van der Waals surface area contributed by atoms with Crippen molar-refractivity contribution in [1.82, 2.24) is 5.32 Å². The molecule has 0 bridgehead atoms. The van der Waals surface area contributed by atoms with Gasteiger partial charge in [-0.2, -0.15) is 13.2 Å². The molecule has 2 atom stereocenters. The molecule has 1 amide bonds. The maximum atomic E-state index is 14.1. The van der Waals surface area contributed by atoms with E-state index in [1.807, 2.05) is 13.8 Å². The zero-order valence-electron chi connectivity index (χ0n) is 20.8. The molecule has 0 spiro atoms. The molecule has 3 aromatic rings. The number of halogens is 4. The predicted octanol–water partition coefficient (Wildman–Crippen LogP) is 6.98. The van der Waals surface area contributed by atoms with Crippen LogP contribution in [-0.4, -0.2) is 23.0 Å². The first kappa shape index (κ1) is 28.0. The minimum absolute atomic E-state index is 0.00669. The minimum atomic E-state index is -4.48. The summed E-state index contributed by atoms with van der Waals surface area (Å²) in [7, 11) is 0. The van der Waals surface area contributed by atoms with Gasteiger partial charge in [0.25, 0.3) is 5.91 Å². The van der Waals surface area contributed by atoms with Crippen LogP contribution in [0.3, 0.4) is 0 Å². The number of rotatable bonds is 10. The fourth-order valence-electron chi connectivity index (χ4n) is 4.38. The zero-order valence-corrected chi connectivity index (χ0v) is 20.8. The van der Waals surface area contributed by atoms with Gasteiger partial charge in [0.1, 0.15) is 24.2 Å². The van der Waals surface area contributed by atoms with Gasteiger partial charge in [-0.3, -0.25) is 4.79 Å².